The molecule has 2 rings (SSSR count). The van der Waals surface area contributed by atoms with Crippen molar-refractivity contribution in [3.05, 3.63) is 54.0 Å². The van der Waals surface area contributed by atoms with E-state index >= 15 is 0 Å². The highest BCUT2D eigenvalue weighted by molar-refractivity contribution is 5.79. The van der Waals surface area contributed by atoms with Gasteiger partial charge in [-0.2, -0.15) is 0 Å². The van der Waals surface area contributed by atoms with Gasteiger partial charge in [0.15, 0.2) is 5.96 Å². The summed E-state index contributed by atoms with van der Waals surface area (Å²) in [6.07, 6.45) is 2.51. The first-order valence-electron chi connectivity index (χ1n) is 10.1. The number of methoxy groups -OCH3 is 1. The molecule has 0 radical (unpaired) electrons. The third kappa shape index (κ3) is 9.49. The van der Waals surface area contributed by atoms with Gasteiger partial charge in [0.1, 0.15) is 18.1 Å². The predicted molar refractivity (Wildman–Crippen MR) is 117 cm³/mol. The molecular formula is C22H34N4O3. The summed E-state index contributed by atoms with van der Waals surface area (Å²) in [5, 5.41) is 6.61. The maximum absolute atomic E-state index is 5.89. The maximum Gasteiger partial charge on any atom is 0.191 e. The molecule has 0 aliphatic rings. The van der Waals surface area contributed by atoms with Crippen LogP contribution in [0.4, 0.5) is 0 Å². The van der Waals surface area contributed by atoms with Crippen LogP contribution in [0.3, 0.4) is 0 Å². The molecule has 0 aliphatic carbocycles. The summed E-state index contributed by atoms with van der Waals surface area (Å²) in [5.41, 5.74) is 1.11. The smallest absolute Gasteiger partial charge is 0.191 e. The number of aliphatic imine (C=N–C) groups is 1. The zero-order valence-corrected chi connectivity index (χ0v) is 17.8. The van der Waals surface area contributed by atoms with Gasteiger partial charge in [-0.3, -0.25) is 0 Å². The molecule has 2 aromatic rings. The van der Waals surface area contributed by atoms with Gasteiger partial charge in [-0.15, -0.1) is 0 Å². The average Bonchev–Trinajstić information content (AvgIpc) is 3.24. The first-order valence-corrected chi connectivity index (χ1v) is 10.1. The summed E-state index contributed by atoms with van der Waals surface area (Å²) in [6, 6.07) is 12.0. The van der Waals surface area contributed by atoms with Crippen molar-refractivity contribution >= 4 is 5.96 Å². The van der Waals surface area contributed by atoms with E-state index in [0.29, 0.717) is 13.2 Å². The van der Waals surface area contributed by atoms with E-state index in [0.717, 1.165) is 62.2 Å². The van der Waals surface area contributed by atoms with E-state index < -0.39 is 0 Å². The molecule has 1 heterocycles. The third-order valence-electron chi connectivity index (χ3n) is 4.33. The normalized spacial score (nSPS) is 11.7. The zero-order chi connectivity index (χ0) is 20.7. The van der Waals surface area contributed by atoms with Gasteiger partial charge in [-0.25, -0.2) is 4.99 Å². The predicted octanol–water partition coefficient (Wildman–Crippen LogP) is 2.53. The highest BCUT2D eigenvalue weighted by atomic mass is 16.5. The summed E-state index contributed by atoms with van der Waals surface area (Å²) < 4.78 is 16.3. The highest BCUT2D eigenvalue weighted by Crippen LogP contribution is 2.14. The summed E-state index contributed by atoms with van der Waals surface area (Å²) in [4.78, 5) is 6.86. The van der Waals surface area contributed by atoms with Crippen LogP contribution in [0.15, 0.2) is 52.1 Å². The van der Waals surface area contributed by atoms with Gasteiger partial charge in [0.2, 0.25) is 0 Å². The molecule has 0 fully saturated rings. The quantitative estimate of drug-likeness (QED) is 0.396. The van der Waals surface area contributed by atoms with Gasteiger partial charge in [-0.1, -0.05) is 12.1 Å². The second-order valence-electron chi connectivity index (χ2n) is 6.74. The molecule has 0 atom stereocenters. The van der Waals surface area contributed by atoms with E-state index in [9.17, 15) is 0 Å². The number of furan rings is 1. The molecule has 29 heavy (non-hydrogen) atoms. The van der Waals surface area contributed by atoms with Gasteiger partial charge in [-0.05, 0) is 43.8 Å². The van der Waals surface area contributed by atoms with E-state index in [-0.39, 0.29) is 0 Å². The number of hydrogen-bond donors (Lipinski definition) is 2. The van der Waals surface area contributed by atoms with Gasteiger partial charge < -0.3 is 29.4 Å². The van der Waals surface area contributed by atoms with Crippen LogP contribution in [0, 0.1) is 0 Å². The second kappa shape index (κ2) is 13.6. The number of likely N-dealkylation sites (N-methyl/N-ethyl adjacent to an activating group) is 1. The molecule has 160 valence electrons. The fourth-order valence-electron chi connectivity index (χ4n) is 2.68. The lowest BCUT2D eigenvalue weighted by Gasteiger charge is -2.16. The minimum absolute atomic E-state index is 0.584. The third-order valence-corrected chi connectivity index (χ3v) is 4.33. The van der Waals surface area contributed by atoms with Crippen LogP contribution in [0.5, 0.6) is 5.75 Å². The fourth-order valence-corrected chi connectivity index (χ4v) is 2.68. The minimum atomic E-state index is 0.584. The Bertz CT molecular complexity index is 704. The van der Waals surface area contributed by atoms with Crippen LogP contribution < -0.4 is 15.4 Å². The van der Waals surface area contributed by atoms with E-state index in [1.165, 1.54) is 0 Å². The molecule has 2 N–H and O–H groups in total. The molecule has 0 bridgehead atoms. The van der Waals surface area contributed by atoms with E-state index in [1.54, 1.807) is 13.4 Å². The molecule has 0 saturated heterocycles. The summed E-state index contributed by atoms with van der Waals surface area (Å²) in [5.74, 6) is 2.63. The number of benzene rings is 1. The monoisotopic (exact) mass is 402 g/mol. The molecule has 7 heteroatoms. The molecule has 7 nitrogen and oxygen atoms in total. The Hall–Kier alpha value is -2.51. The van der Waals surface area contributed by atoms with Crippen molar-refractivity contribution in [3.8, 4) is 5.75 Å². The second-order valence-corrected chi connectivity index (χ2v) is 6.74. The van der Waals surface area contributed by atoms with Gasteiger partial charge >= 0.3 is 0 Å². The lowest BCUT2D eigenvalue weighted by molar-refractivity contribution is 0.150. The standard InChI is InChI=1S/C22H34N4O3/c1-4-23-22(24-11-10-20-9-6-14-28-20)25-18-19-7-5-8-21(17-19)29-16-13-26(2)12-15-27-3/h5-9,14,17H,4,10-13,15-16,18H2,1-3H3,(H2,23,24,25). The summed E-state index contributed by atoms with van der Waals surface area (Å²) >= 11 is 0. The molecule has 0 aliphatic heterocycles. The molecule has 0 amide bonds. The number of rotatable bonds is 13. The van der Waals surface area contributed by atoms with Gasteiger partial charge in [0.05, 0.1) is 19.4 Å². The Morgan fingerprint density at radius 1 is 1.14 bits per heavy atom. The SMILES string of the molecule is CCNC(=NCc1cccc(OCCN(C)CCOC)c1)NCCc1ccco1. The maximum atomic E-state index is 5.89. The minimum Gasteiger partial charge on any atom is -0.492 e. The Labute approximate surface area is 174 Å². The molecule has 1 aromatic heterocycles. The number of ether oxygens (including phenoxy) is 2. The average molecular weight is 403 g/mol. The largest absolute Gasteiger partial charge is 0.492 e. The zero-order valence-electron chi connectivity index (χ0n) is 17.8. The van der Waals surface area contributed by atoms with Crippen LogP contribution in [-0.2, 0) is 17.7 Å². The molecule has 1 aromatic carbocycles. The Kier molecular flexibility index (Phi) is 10.7. The number of nitrogens with one attached hydrogen (secondary N) is 2. The van der Waals surface area contributed by atoms with Crippen LogP contribution in [0.2, 0.25) is 0 Å². The number of hydrogen-bond acceptors (Lipinski definition) is 5. The summed E-state index contributed by atoms with van der Waals surface area (Å²) in [7, 11) is 3.78. The van der Waals surface area contributed by atoms with Gasteiger partial charge in [0, 0.05) is 39.7 Å². The summed E-state index contributed by atoms with van der Waals surface area (Å²) in [6.45, 7) is 7.34. The Morgan fingerprint density at radius 3 is 2.76 bits per heavy atom. The lowest BCUT2D eigenvalue weighted by Crippen LogP contribution is -2.38. The van der Waals surface area contributed by atoms with Crippen molar-refractivity contribution in [2.24, 2.45) is 4.99 Å². The van der Waals surface area contributed by atoms with Crippen molar-refractivity contribution in [2.75, 3.05) is 53.6 Å². The van der Waals surface area contributed by atoms with Crippen LogP contribution in [0.25, 0.3) is 0 Å². The fraction of sp³-hybridized carbons (Fsp3) is 0.500. The molecule has 0 unspecified atom stereocenters. The Morgan fingerprint density at radius 2 is 2.00 bits per heavy atom. The van der Waals surface area contributed by atoms with Crippen LogP contribution in [0.1, 0.15) is 18.2 Å². The van der Waals surface area contributed by atoms with Crippen molar-refractivity contribution < 1.29 is 13.9 Å². The highest BCUT2D eigenvalue weighted by Gasteiger charge is 2.02. The van der Waals surface area contributed by atoms with Crippen LogP contribution >= 0.6 is 0 Å². The number of nitrogens with zero attached hydrogens (tertiary/aromatic N) is 2. The Balaban J connectivity index is 1.79. The van der Waals surface area contributed by atoms with Crippen molar-refractivity contribution in [2.45, 2.75) is 19.9 Å². The van der Waals surface area contributed by atoms with Crippen LogP contribution in [-0.4, -0.2) is 64.4 Å². The van der Waals surface area contributed by atoms with E-state index in [1.807, 2.05) is 30.3 Å². The lowest BCUT2D eigenvalue weighted by atomic mass is 10.2. The van der Waals surface area contributed by atoms with Gasteiger partial charge in [0.25, 0.3) is 0 Å². The van der Waals surface area contributed by atoms with Crippen molar-refractivity contribution in [3.63, 3.8) is 0 Å². The van der Waals surface area contributed by atoms with E-state index in [4.69, 9.17) is 13.9 Å². The molecular weight excluding hydrogens is 368 g/mol. The number of guanidine groups is 1. The first kappa shape index (κ1) is 22.8. The first-order chi connectivity index (χ1) is 14.2. The van der Waals surface area contributed by atoms with Crippen molar-refractivity contribution in [1.29, 1.82) is 0 Å². The van der Waals surface area contributed by atoms with Crippen molar-refractivity contribution in [1.82, 2.24) is 15.5 Å². The topological polar surface area (TPSA) is 71.3 Å². The molecule has 0 saturated carbocycles. The van der Waals surface area contributed by atoms with E-state index in [2.05, 4.69) is 40.6 Å². The molecule has 0 spiro atoms.